The van der Waals surface area contributed by atoms with Crippen molar-refractivity contribution in [3.05, 3.63) is 99.6 Å². The molecule has 2 atom stereocenters. The minimum Gasteiger partial charge on any atom is -0.394 e. The molecular formula is C26H23NO6S. The van der Waals surface area contributed by atoms with Gasteiger partial charge in [0.15, 0.2) is 11.6 Å². The maximum atomic E-state index is 13.5. The van der Waals surface area contributed by atoms with Crippen LogP contribution in [0.5, 0.6) is 0 Å². The van der Waals surface area contributed by atoms with Crippen LogP contribution >= 0.6 is 0 Å². The molecule has 0 saturated heterocycles. The van der Waals surface area contributed by atoms with E-state index in [-0.39, 0.29) is 40.6 Å². The number of benzene rings is 3. The van der Waals surface area contributed by atoms with Crippen molar-refractivity contribution in [2.24, 2.45) is 0 Å². The van der Waals surface area contributed by atoms with Gasteiger partial charge in [-0.25, -0.2) is 8.42 Å². The maximum Gasteiger partial charge on any atom is 0.243 e. The number of carbonyl (C=O) groups is 2. The van der Waals surface area contributed by atoms with Gasteiger partial charge in [0.25, 0.3) is 0 Å². The Kier molecular flexibility index (Phi) is 5.49. The SMILES string of the molecule is Cc1ccc(S(=O)(=O)N2Cc3ccc4c(c3C[C@@H]2[C@H](O)CO)C(=O)c2ccccc2C4=O)cc1. The van der Waals surface area contributed by atoms with Gasteiger partial charge in [0.05, 0.1) is 23.6 Å². The Morgan fingerprint density at radius 2 is 1.59 bits per heavy atom. The quantitative estimate of drug-likeness (QED) is 0.466. The standard InChI is InChI=1S/C26H23NO6S/c1-15-6-9-17(10-7-15)34(32,33)27-13-16-8-11-20-24(21(16)12-22(27)23(29)14-28)26(31)19-5-3-2-4-18(19)25(20)30/h2-11,22-23,28-29H,12-14H2,1H3/t22-,23-/m1/s1. The number of nitrogens with zero attached hydrogens (tertiary/aromatic N) is 1. The predicted octanol–water partition coefficient (Wildman–Crippen LogP) is 2.24. The number of fused-ring (bicyclic) bond motifs is 4. The number of carbonyl (C=O) groups excluding carboxylic acids is 2. The number of aryl methyl sites for hydroxylation is 1. The minimum atomic E-state index is -4.01. The van der Waals surface area contributed by atoms with Gasteiger partial charge in [-0.2, -0.15) is 4.31 Å². The fourth-order valence-electron chi connectivity index (χ4n) is 4.83. The number of ketones is 2. The lowest BCUT2D eigenvalue weighted by atomic mass is 9.78. The van der Waals surface area contributed by atoms with E-state index in [2.05, 4.69) is 0 Å². The first-order chi connectivity index (χ1) is 16.2. The van der Waals surface area contributed by atoms with Crippen LogP contribution in [-0.2, 0) is 23.0 Å². The molecule has 7 nitrogen and oxygen atoms in total. The number of hydrogen-bond acceptors (Lipinski definition) is 6. The molecular weight excluding hydrogens is 454 g/mol. The molecule has 0 radical (unpaired) electrons. The van der Waals surface area contributed by atoms with Crippen molar-refractivity contribution in [3.63, 3.8) is 0 Å². The molecule has 1 aliphatic carbocycles. The molecule has 0 fully saturated rings. The molecule has 3 aromatic carbocycles. The first kappa shape index (κ1) is 22.6. The van der Waals surface area contributed by atoms with Gasteiger partial charge in [0, 0.05) is 28.8 Å². The van der Waals surface area contributed by atoms with Crippen LogP contribution in [0.3, 0.4) is 0 Å². The molecule has 0 unspecified atom stereocenters. The predicted molar refractivity (Wildman–Crippen MR) is 124 cm³/mol. The fraction of sp³-hybridized carbons (Fsp3) is 0.231. The molecule has 5 rings (SSSR count). The zero-order valence-electron chi connectivity index (χ0n) is 18.4. The third-order valence-electron chi connectivity index (χ3n) is 6.67. The summed E-state index contributed by atoms with van der Waals surface area (Å²) in [5, 5.41) is 20.3. The van der Waals surface area contributed by atoms with Crippen LogP contribution in [0.25, 0.3) is 0 Å². The lowest BCUT2D eigenvalue weighted by Gasteiger charge is -2.39. The second-order valence-electron chi connectivity index (χ2n) is 8.71. The first-order valence-corrected chi connectivity index (χ1v) is 12.4. The number of aliphatic hydroxyl groups is 2. The smallest absolute Gasteiger partial charge is 0.243 e. The van der Waals surface area contributed by atoms with E-state index in [0.717, 1.165) is 5.56 Å². The van der Waals surface area contributed by atoms with Gasteiger partial charge >= 0.3 is 0 Å². The topological polar surface area (TPSA) is 112 Å². The molecule has 1 heterocycles. The molecule has 174 valence electrons. The van der Waals surface area contributed by atoms with Crippen molar-refractivity contribution in [1.82, 2.24) is 4.31 Å². The van der Waals surface area contributed by atoms with Gasteiger partial charge in [-0.15, -0.1) is 0 Å². The second kappa shape index (κ2) is 8.25. The summed E-state index contributed by atoms with van der Waals surface area (Å²) in [7, 11) is -4.01. The number of sulfonamides is 1. The van der Waals surface area contributed by atoms with Crippen molar-refractivity contribution in [2.45, 2.75) is 36.9 Å². The monoisotopic (exact) mass is 477 g/mol. The van der Waals surface area contributed by atoms with Crippen molar-refractivity contribution >= 4 is 21.6 Å². The molecule has 0 aromatic heterocycles. The van der Waals surface area contributed by atoms with E-state index in [0.29, 0.717) is 22.3 Å². The lowest BCUT2D eigenvalue weighted by molar-refractivity contribution is 0.0325. The Balaban J connectivity index is 1.64. The van der Waals surface area contributed by atoms with Crippen LogP contribution in [0.4, 0.5) is 0 Å². The van der Waals surface area contributed by atoms with Crippen LogP contribution < -0.4 is 0 Å². The van der Waals surface area contributed by atoms with Crippen molar-refractivity contribution in [1.29, 1.82) is 0 Å². The lowest BCUT2D eigenvalue weighted by Crippen LogP contribution is -2.51. The van der Waals surface area contributed by atoms with Crippen LogP contribution in [0.1, 0.15) is 48.5 Å². The highest BCUT2D eigenvalue weighted by Gasteiger charge is 2.42. The molecule has 1 aliphatic heterocycles. The highest BCUT2D eigenvalue weighted by atomic mass is 32.2. The number of aliphatic hydroxyl groups excluding tert-OH is 2. The van der Waals surface area contributed by atoms with E-state index in [1.807, 2.05) is 6.92 Å². The van der Waals surface area contributed by atoms with Gasteiger partial charge in [-0.05, 0) is 42.7 Å². The summed E-state index contributed by atoms with van der Waals surface area (Å²) in [4.78, 5) is 26.6. The van der Waals surface area contributed by atoms with Crippen molar-refractivity contribution in [2.75, 3.05) is 6.61 Å². The van der Waals surface area contributed by atoms with E-state index in [1.165, 1.54) is 16.4 Å². The van der Waals surface area contributed by atoms with Crippen LogP contribution in [-0.4, -0.2) is 53.3 Å². The number of rotatable bonds is 4. The Morgan fingerprint density at radius 3 is 2.24 bits per heavy atom. The fourth-order valence-corrected chi connectivity index (χ4v) is 6.47. The molecule has 34 heavy (non-hydrogen) atoms. The number of hydrogen-bond donors (Lipinski definition) is 2. The van der Waals surface area contributed by atoms with E-state index >= 15 is 0 Å². The third kappa shape index (κ3) is 3.42. The van der Waals surface area contributed by atoms with Crippen LogP contribution in [0.15, 0.2) is 65.6 Å². The van der Waals surface area contributed by atoms with E-state index < -0.39 is 28.8 Å². The summed E-state index contributed by atoms with van der Waals surface area (Å²) >= 11 is 0. The summed E-state index contributed by atoms with van der Waals surface area (Å²) in [5.74, 6) is -0.559. The van der Waals surface area contributed by atoms with E-state index in [4.69, 9.17) is 0 Å². The Labute approximate surface area is 197 Å². The van der Waals surface area contributed by atoms with E-state index in [1.54, 1.807) is 48.5 Å². The van der Waals surface area contributed by atoms with Gasteiger partial charge in [-0.1, -0.05) is 48.0 Å². The van der Waals surface area contributed by atoms with Crippen molar-refractivity contribution in [3.8, 4) is 0 Å². The highest BCUT2D eigenvalue weighted by molar-refractivity contribution is 7.89. The summed E-state index contributed by atoms with van der Waals surface area (Å²) in [6.45, 7) is 1.11. The maximum absolute atomic E-state index is 13.5. The molecule has 2 N–H and O–H groups in total. The highest BCUT2D eigenvalue weighted by Crippen LogP contribution is 2.37. The normalized spacial score (nSPS) is 18.7. The van der Waals surface area contributed by atoms with Gasteiger partial charge in [-0.3, -0.25) is 9.59 Å². The van der Waals surface area contributed by atoms with E-state index in [9.17, 15) is 28.2 Å². The van der Waals surface area contributed by atoms with Crippen LogP contribution in [0, 0.1) is 6.92 Å². The zero-order chi connectivity index (χ0) is 24.2. The molecule has 3 aromatic rings. The first-order valence-electron chi connectivity index (χ1n) is 10.9. The van der Waals surface area contributed by atoms with Gasteiger partial charge in [0.1, 0.15) is 0 Å². The summed E-state index contributed by atoms with van der Waals surface area (Å²) < 4.78 is 28.2. The Morgan fingerprint density at radius 1 is 0.941 bits per heavy atom. The molecule has 8 heteroatoms. The molecule has 0 bridgehead atoms. The largest absolute Gasteiger partial charge is 0.394 e. The van der Waals surface area contributed by atoms with Crippen LogP contribution in [0.2, 0.25) is 0 Å². The summed E-state index contributed by atoms with van der Waals surface area (Å²) in [6, 6.07) is 15.3. The van der Waals surface area contributed by atoms with Gasteiger partial charge < -0.3 is 10.2 Å². The average Bonchev–Trinajstić information content (AvgIpc) is 2.85. The Hall–Kier alpha value is -3.17. The van der Waals surface area contributed by atoms with Gasteiger partial charge in [0.2, 0.25) is 10.0 Å². The molecule has 0 saturated carbocycles. The van der Waals surface area contributed by atoms with Crippen molar-refractivity contribution < 1.29 is 28.2 Å². The molecule has 0 spiro atoms. The second-order valence-corrected chi connectivity index (χ2v) is 10.6. The third-order valence-corrected chi connectivity index (χ3v) is 8.55. The summed E-state index contributed by atoms with van der Waals surface area (Å²) in [5.41, 5.74) is 3.21. The zero-order valence-corrected chi connectivity index (χ0v) is 19.2. The molecule has 0 amide bonds. The Bertz CT molecular complexity index is 1430. The minimum absolute atomic E-state index is 0.00743. The molecule has 2 aliphatic rings. The summed E-state index contributed by atoms with van der Waals surface area (Å²) in [6.07, 6.45) is -1.38. The average molecular weight is 478 g/mol.